The molecule has 0 aromatic rings. The molecule has 0 aliphatic heterocycles. The zero-order valence-corrected chi connectivity index (χ0v) is 9.60. The van der Waals surface area contributed by atoms with E-state index in [4.69, 9.17) is 5.11 Å². The van der Waals surface area contributed by atoms with E-state index in [0.29, 0.717) is 0 Å². The molecule has 0 fully saturated rings. The third-order valence-electron chi connectivity index (χ3n) is 2.87. The molecule has 15 heavy (non-hydrogen) atoms. The molecule has 0 heterocycles. The van der Waals surface area contributed by atoms with Crippen LogP contribution >= 0.6 is 0 Å². The molecule has 1 N–H and O–H groups in total. The Labute approximate surface area is 91.1 Å². The highest BCUT2D eigenvalue weighted by Gasteiger charge is 2.33. The second-order valence-electron chi connectivity index (χ2n) is 4.69. The number of carboxylic acids is 1. The average Bonchev–Trinajstić information content (AvgIpc) is 2.07. The number of hydrogen-bond donors (Lipinski definition) is 1. The topological polar surface area (TPSA) is 40.5 Å². The zero-order chi connectivity index (χ0) is 11.5. The lowest BCUT2D eigenvalue weighted by atomic mass is 9.72. The van der Waals surface area contributed by atoms with E-state index in [-0.39, 0.29) is 17.8 Å². The van der Waals surface area contributed by atoms with Crippen LogP contribution in [0, 0.1) is 11.3 Å². The van der Waals surface area contributed by atoms with Gasteiger partial charge in [-0.1, -0.05) is 31.2 Å². The first kappa shape index (κ1) is 12.0. The van der Waals surface area contributed by atoms with Crippen molar-refractivity contribution < 1.29 is 9.90 Å². The number of carboxylic acid groups (broad SMARTS) is 1. The van der Waals surface area contributed by atoms with E-state index in [1.54, 1.807) is 0 Å². The number of nitrogens with zero attached hydrogens (tertiary/aromatic N) is 1. The summed E-state index contributed by atoms with van der Waals surface area (Å²) in [6.07, 6.45) is 8.23. The van der Waals surface area contributed by atoms with Crippen molar-refractivity contribution >= 4 is 5.97 Å². The highest BCUT2D eigenvalue weighted by Crippen LogP contribution is 2.36. The average molecular weight is 209 g/mol. The van der Waals surface area contributed by atoms with Gasteiger partial charge < -0.3 is 10.0 Å². The number of carbonyl (C=O) groups is 1. The van der Waals surface area contributed by atoms with Gasteiger partial charge in [-0.05, 0) is 20.0 Å². The van der Waals surface area contributed by atoms with Gasteiger partial charge in [0.05, 0.1) is 6.42 Å². The Morgan fingerprint density at radius 1 is 1.47 bits per heavy atom. The summed E-state index contributed by atoms with van der Waals surface area (Å²) >= 11 is 0. The minimum Gasteiger partial charge on any atom is -0.481 e. The monoisotopic (exact) mass is 209 g/mol. The third-order valence-corrected chi connectivity index (χ3v) is 2.87. The zero-order valence-electron chi connectivity index (χ0n) is 9.60. The van der Waals surface area contributed by atoms with Crippen molar-refractivity contribution in [3.05, 3.63) is 24.3 Å². The maximum atomic E-state index is 10.8. The summed E-state index contributed by atoms with van der Waals surface area (Å²) < 4.78 is 0. The normalized spacial score (nSPS) is 29.7. The van der Waals surface area contributed by atoms with Crippen molar-refractivity contribution in [1.29, 1.82) is 0 Å². The molecular formula is C12H19NO2. The predicted molar refractivity (Wildman–Crippen MR) is 60.7 cm³/mol. The van der Waals surface area contributed by atoms with E-state index in [0.717, 1.165) is 6.54 Å². The van der Waals surface area contributed by atoms with Crippen LogP contribution in [0.25, 0.3) is 0 Å². The van der Waals surface area contributed by atoms with Crippen LogP contribution in [0.1, 0.15) is 13.3 Å². The first-order valence-corrected chi connectivity index (χ1v) is 5.16. The Kier molecular flexibility index (Phi) is 3.69. The fourth-order valence-corrected chi connectivity index (χ4v) is 2.00. The summed E-state index contributed by atoms with van der Waals surface area (Å²) in [6.45, 7) is 2.89. The predicted octanol–water partition coefficient (Wildman–Crippen LogP) is 1.77. The molecule has 0 spiro atoms. The van der Waals surface area contributed by atoms with Gasteiger partial charge in [-0.25, -0.2) is 0 Å². The van der Waals surface area contributed by atoms with Crippen molar-refractivity contribution in [2.45, 2.75) is 13.3 Å². The van der Waals surface area contributed by atoms with Crippen molar-refractivity contribution in [2.75, 3.05) is 20.6 Å². The molecule has 2 unspecified atom stereocenters. The lowest BCUT2D eigenvalue weighted by Gasteiger charge is -2.35. The molecule has 3 heteroatoms. The van der Waals surface area contributed by atoms with Crippen molar-refractivity contribution in [3.63, 3.8) is 0 Å². The number of hydrogen-bond acceptors (Lipinski definition) is 2. The fraction of sp³-hybridized carbons (Fsp3) is 0.583. The van der Waals surface area contributed by atoms with E-state index in [9.17, 15) is 4.79 Å². The molecule has 2 atom stereocenters. The Morgan fingerprint density at radius 2 is 2.13 bits per heavy atom. The Balaban J connectivity index is 2.78. The maximum absolute atomic E-state index is 10.8. The van der Waals surface area contributed by atoms with Gasteiger partial charge in [0, 0.05) is 12.0 Å². The molecule has 0 saturated heterocycles. The van der Waals surface area contributed by atoms with Crippen LogP contribution in [0.2, 0.25) is 0 Å². The van der Waals surface area contributed by atoms with Crippen molar-refractivity contribution in [3.8, 4) is 0 Å². The SMILES string of the molecule is CN(C)CC1C=CC=CC1(C)CC(=O)O. The molecule has 0 radical (unpaired) electrons. The van der Waals surface area contributed by atoms with Crippen molar-refractivity contribution in [1.82, 2.24) is 4.90 Å². The molecule has 1 rings (SSSR count). The Hall–Kier alpha value is -1.09. The minimum absolute atomic E-state index is 0.187. The van der Waals surface area contributed by atoms with Crippen LogP contribution in [-0.4, -0.2) is 36.6 Å². The first-order chi connectivity index (χ1) is 6.94. The van der Waals surface area contributed by atoms with Crippen LogP contribution in [0.5, 0.6) is 0 Å². The number of allylic oxidation sites excluding steroid dienone is 3. The Bertz CT molecular complexity index is 294. The van der Waals surface area contributed by atoms with Crippen LogP contribution < -0.4 is 0 Å². The molecular weight excluding hydrogens is 190 g/mol. The van der Waals surface area contributed by atoms with E-state index in [1.165, 1.54) is 0 Å². The first-order valence-electron chi connectivity index (χ1n) is 5.16. The molecule has 0 saturated carbocycles. The van der Waals surface area contributed by atoms with Crippen molar-refractivity contribution in [2.24, 2.45) is 11.3 Å². The van der Waals surface area contributed by atoms with Gasteiger partial charge in [-0.15, -0.1) is 0 Å². The quantitative estimate of drug-likeness (QED) is 0.767. The van der Waals surface area contributed by atoms with Gasteiger partial charge >= 0.3 is 5.97 Å². The van der Waals surface area contributed by atoms with Crippen LogP contribution in [0.4, 0.5) is 0 Å². The highest BCUT2D eigenvalue weighted by molar-refractivity contribution is 5.68. The molecule has 0 aromatic carbocycles. The largest absolute Gasteiger partial charge is 0.481 e. The van der Waals surface area contributed by atoms with Gasteiger partial charge in [0.1, 0.15) is 0 Å². The maximum Gasteiger partial charge on any atom is 0.304 e. The standard InChI is InChI=1S/C12H19NO2/c1-12(8-11(14)15)7-5-4-6-10(12)9-13(2)3/h4-7,10H,8-9H2,1-3H3,(H,14,15). The summed E-state index contributed by atoms with van der Waals surface area (Å²) in [6, 6.07) is 0. The summed E-state index contributed by atoms with van der Waals surface area (Å²) in [7, 11) is 4.01. The van der Waals surface area contributed by atoms with Gasteiger partial charge in [0.2, 0.25) is 0 Å². The van der Waals surface area contributed by atoms with E-state index in [1.807, 2.05) is 39.2 Å². The molecule has 0 amide bonds. The number of rotatable bonds is 4. The molecule has 3 nitrogen and oxygen atoms in total. The summed E-state index contributed by atoms with van der Waals surface area (Å²) in [5, 5.41) is 8.91. The summed E-state index contributed by atoms with van der Waals surface area (Å²) in [4.78, 5) is 12.9. The van der Waals surface area contributed by atoms with E-state index < -0.39 is 5.97 Å². The summed E-state index contributed by atoms with van der Waals surface area (Å²) in [5.74, 6) is -0.463. The molecule has 1 aliphatic carbocycles. The van der Waals surface area contributed by atoms with Crippen LogP contribution in [0.15, 0.2) is 24.3 Å². The lowest BCUT2D eigenvalue weighted by molar-refractivity contribution is -0.139. The Morgan fingerprint density at radius 3 is 2.67 bits per heavy atom. The van der Waals surface area contributed by atoms with Gasteiger partial charge in [-0.2, -0.15) is 0 Å². The molecule has 1 aliphatic rings. The van der Waals surface area contributed by atoms with E-state index >= 15 is 0 Å². The minimum atomic E-state index is -0.735. The smallest absolute Gasteiger partial charge is 0.304 e. The summed E-state index contributed by atoms with van der Waals surface area (Å²) in [5.41, 5.74) is -0.259. The third kappa shape index (κ3) is 3.20. The molecule has 0 aromatic heterocycles. The number of aliphatic carboxylic acids is 1. The van der Waals surface area contributed by atoms with E-state index in [2.05, 4.69) is 11.0 Å². The second kappa shape index (κ2) is 4.62. The highest BCUT2D eigenvalue weighted by atomic mass is 16.4. The fourth-order valence-electron chi connectivity index (χ4n) is 2.00. The van der Waals surface area contributed by atoms with Gasteiger partial charge in [0.25, 0.3) is 0 Å². The molecule has 84 valence electrons. The lowest BCUT2D eigenvalue weighted by Crippen LogP contribution is -2.35. The van der Waals surface area contributed by atoms with Gasteiger partial charge in [0.15, 0.2) is 0 Å². The molecule has 0 bridgehead atoms. The van der Waals surface area contributed by atoms with Crippen LogP contribution in [-0.2, 0) is 4.79 Å². The van der Waals surface area contributed by atoms with Crippen LogP contribution in [0.3, 0.4) is 0 Å². The second-order valence-corrected chi connectivity index (χ2v) is 4.69. The van der Waals surface area contributed by atoms with Gasteiger partial charge in [-0.3, -0.25) is 4.79 Å².